The van der Waals surface area contributed by atoms with Crippen molar-refractivity contribution < 1.29 is 4.39 Å². The molecular formula is C15H10Cl3FN2. The lowest BCUT2D eigenvalue weighted by Gasteiger charge is -2.12. The van der Waals surface area contributed by atoms with Crippen LogP contribution in [-0.4, -0.2) is 9.55 Å². The van der Waals surface area contributed by atoms with Crippen molar-refractivity contribution in [1.29, 1.82) is 0 Å². The predicted molar refractivity (Wildman–Crippen MR) is 85.3 cm³/mol. The van der Waals surface area contributed by atoms with E-state index in [1.165, 1.54) is 12.1 Å². The van der Waals surface area contributed by atoms with Crippen LogP contribution in [0.15, 0.2) is 36.4 Å². The van der Waals surface area contributed by atoms with E-state index in [0.717, 1.165) is 0 Å². The Morgan fingerprint density at radius 2 is 1.86 bits per heavy atom. The molecule has 3 rings (SSSR count). The summed E-state index contributed by atoms with van der Waals surface area (Å²) in [6.45, 7) is 1.80. The number of para-hydroxylation sites is 1. The van der Waals surface area contributed by atoms with Crippen LogP contribution < -0.4 is 0 Å². The molecule has 1 aromatic heterocycles. The van der Waals surface area contributed by atoms with Crippen LogP contribution in [-0.2, 0) is 0 Å². The Kier molecular flexibility index (Phi) is 3.82. The molecule has 1 unspecified atom stereocenters. The fraction of sp³-hybridized carbons (Fsp3) is 0.133. The summed E-state index contributed by atoms with van der Waals surface area (Å²) in [5.74, 6) is 0.0765. The van der Waals surface area contributed by atoms with E-state index < -0.39 is 5.82 Å². The summed E-state index contributed by atoms with van der Waals surface area (Å²) in [7, 11) is 0. The van der Waals surface area contributed by atoms with E-state index in [1.807, 2.05) is 18.2 Å². The molecule has 1 atom stereocenters. The Morgan fingerprint density at radius 3 is 2.52 bits per heavy atom. The van der Waals surface area contributed by atoms with Crippen molar-refractivity contribution in [1.82, 2.24) is 9.55 Å². The summed E-state index contributed by atoms with van der Waals surface area (Å²) >= 11 is 18.3. The van der Waals surface area contributed by atoms with Gasteiger partial charge in [-0.1, -0.05) is 35.3 Å². The molecule has 21 heavy (non-hydrogen) atoms. The van der Waals surface area contributed by atoms with E-state index in [-0.39, 0.29) is 10.4 Å². The van der Waals surface area contributed by atoms with E-state index in [4.69, 9.17) is 34.8 Å². The molecule has 0 amide bonds. The molecule has 0 bridgehead atoms. The van der Waals surface area contributed by atoms with E-state index in [2.05, 4.69) is 4.98 Å². The zero-order valence-electron chi connectivity index (χ0n) is 10.9. The van der Waals surface area contributed by atoms with Crippen LogP contribution in [0.4, 0.5) is 4.39 Å². The minimum absolute atomic E-state index is 0.0279. The molecule has 2 aromatic carbocycles. The van der Waals surface area contributed by atoms with Gasteiger partial charge in [-0.3, -0.25) is 4.57 Å². The highest BCUT2D eigenvalue weighted by molar-refractivity contribution is 6.32. The molecule has 3 aromatic rings. The number of alkyl halides is 1. The molecule has 0 aliphatic carbocycles. The van der Waals surface area contributed by atoms with Crippen LogP contribution in [0.3, 0.4) is 0 Å². The molecule has 0 fully saturated rings. The van der Waals surface area contributed by atoms with Gasteiger partial charge in [0.25, 0.3) is 0 Å². The Hall–Kier alpha value is -1.29. The molecular weight excluding hydrogens is 334 g/mol. The second-order valence-corrected chi connectivity index (χ2v) is 6.10. The molecule has 1 heterocycles. The molecule has 0 spiro atoms. The second kappa shape index (κ2) is 5.48. The number of rotatable bonds is 2. The summed E-state index contributed by atoms with van der Waals surface area (Å²) in [5, 5.41) is 0.196. The molecule has 2 nitrogen and oxygen atoms in total. The molecule has 0 N–H and O–H groups in total. The monoisotopic (exact) mass is 342 g/mol. The van der Waals surface area contributed by atoms with Gasteiger partial charge in [0.1, 0.15) is 11.6 Å². The van der Waals surface area contributed by atoms with Crippen molar-refractivity contribution in [2.75, 3.05) is 0 Å². The average Bonchev–Trinajstić information content (AvgIpc) is 2.78. The summed E-state index contributed by atoms with van der Waals surface area (Å²) in [6.07, 6.45) is 0. The van der Waals surface area contributed by atoms with E-state index >= 15 is 0 Å². The van der Waals surface area contributed by atoms with Crippen molar-refractivity contribution in [3.05, 3.63) is 58.1 Å². The number of benzene rings is 2. The Balaban J connectivity index is 2.41. The van der Waals surface area contributed by atoms with Crippen molar-refractivity contribution >= 4 is 45.8 Å². The van der Waals surface area contributed by atoms with E-state index in [0.29, 0.717) is 27.6 Å². The standard InChI is InChI=1S/C15H10Cl3FN2/c1-8(16)15-20-12-6-10(18)11(19)7-14(12)21(15)13-5-3-2-4-9(13)17/h2-8H,1H3. The highest BCUT2D eigenvalue weighted by Crippen LogP contribution is 2.33. The SMILES string of the molecule is CC(Cl)c1nc2cc(Cl)c(F)cc2n1-c1ccccc1Cl. The number of hydrogen-bond acceptors (Lipinski definition) is 1. The Bertz CT molecular complexity index is 827. The maximum absolute atomic E-state index is 13.8. The predicted octanol–water partition coefficient (Wildman–Crippen LogP) is 5.77. The number of halogens is 4. The largest absolute Gasteiger partial charge is 0.293 e. The molecule has 0 radical (unpaired) electrons. The first-order valence-electron chi connectivity index (χ1n) is 6.25. The third-order valence-electron chi connectivity index (χ3n) is 3.17. The number of fused-ring (bicyclic) bond motifs is 1. The number of aromatic nitrogens is 2. The lowest BCUT2D eigenvalue weighted by Crippen LogP contribution is -2.02. The summed E-state index contributed by atoms with van der Waals surface area (Å²) in [4.78, 5) is 4.45. The maximum Gasteiger partial charge on any atom is 0.144 e. The normalized spacial score (nSPS) is 12.8. The lowest BCUT2D eigenvalue weighted by atomic mass is 10.2. The average molecular weight is 344 g/mol. The van der Waals surface area contributed by atoms with Gasteiger partial charge in [0.2, 0.25) is 0 Å². The molecule has 6 heteroatoms. The number of hydrogen-bond donors (Lipinski definition) is 0. The fourth-order valence-corrected chi connectivity index (χ4v) is 2.77. The Morgan fingerprint density at radius 1 is 1.14 bits per heavy atom. The minimum Gasteiger partial charge on any atom is -0.293 e. The molecule has 0 saturated carbocycles. The first kappa shape index (κ1) is 14.6. The highest BCUT2D eigenvalue weighted by atomic mass is 35.5. The van der Waals surface area contributed by atoms with Gasteiger partial charge in [-0.25, -0.2) is 9.37 Å². The van der Waals surface area contributed by atoms with E-state index in [9.17, 15) is 4.39 Å². The molecule has 108 valence electrons. The topological polar surface area (TPSA) is 17.8 Å². The first-order chi connectivity index (χ1) is 9.99. The zero-order chi connectivity index (χ0) is 15.1. The van der Waals surface area contributed by atoms with E-state index in [1.54, 1.807) is 17.6 Å². The highest BCUT2D eigenvalue weighted by Gasteiger charge is 2.19. The fourth-order valence-electron chi connectivity index (χ4n) is 2.24. The zero-order valence-corrected chi connectivity index (χ0v) is 13.2. The van der Waals surface area contributed by atoms with Crippen molar-refractivity contribution in [2.45, 2.75) is 12.3 Å². The van der Waals surface area contributed by atoms with Crippen molar-refractivity contribution in [2.24, 2.45) is 0 Å². The van der Waals surface area contributed by atoms with Gasteiger partial charge in [-0.05, 0) is 25.1 Å². The maximum atomic E-state index is 13.8. The number of imidazole rings is 1. The van der Waals surface area contributed by atoms with Gasteiger partial charge in [-0.2, -0.15) is 0 Å². The van der Waals surface area contributed by atoms with Gasteiger partial charge in [0, 0.05) is 6.07 Å². The van der Waals surface area contributed by atoms with Gasteiger partial charge < -0.3 is 0 Å². The summed E-state index contributed by atoms with van der Waals surface area (Å²) < 4.78 is 15.6. The molecule has 0 aliphatic rings. The molecule has 0 aliphatic heterocycles. The van der Waals surface area contributed by atoms with Crippen LogP contribution in [0.1, 0.15) is 18.1 Å². The van der Waals surface area contributed by atoms with Gasteiger partial charge in [-0.15, -0.1) is 11.6 Å². The summed E-state index contributed by atoms with van der Waals surface area (Å²) in [6, 6.07) is 10.1. The van der Waals surface area contributed by atoms with Crippen LogP contribution in [0.2, 0.25) is 10.0 Å². The smallest absolute Gasteiger partial charge is 0.144 e. The second-order valence-electron chi connectivity index (χ2n) is 4.63. The van der Waals surface area contributed by atoms with Gasteiger partial charge in [0.05, 0.1) is 32.1 Å². The van der Waals surface area contributed by atoms with Gasteiger partial charge >= 0.3 is 0 Å². The number of nitrogens with zero attached hydrogens (tertiary/aromatic N) is 2. The van der Waals surface area contributed by atoms with Crippen LogP contribution >= 0.6 is 34.8 Å². The van der Waals surface area contributed by atoms with Crippen LogP contribution in [0.5, 0.6) is 0 Å². The lowest BCUT2D eigenvalue weighted by molar-refractivity contribution is 0.629. The van der Waals surface area contributed by atoms with Crippen molar-refractivity contribution in [3.8, 4) is 5.69 Å². The third kappa shape index (κ3) is 2.50. The third-order valence-corrected chi connectivity index (χ3v) is 3.98. The summed E-state index contributed by atoms with van der Waals surface area (Å²) in [5.41, 5.74) is 1.85. The Labute approximate surface area is 136 Å². The minimum atomic E-state index is -0.508. The quantitative estimate of drug-likeness (QED) is 0.540. The van der Waals surface area contributed by atoms with Crippen LogP contribution in [0, 0.1) is 5.82 Å². The first-order valence-corrected chi connectivity index (χ1v) is 7.44. The van der Waals surface area contributed by atoms with Crippen molar-refractivity contribution in [3.63, 3.8) is 0 Å². The molecule has 0 saturated heterocycles. The van der Waals surface area contributed by atoms with Crippen LogP contribution in [0.25, 0.3) is 16.7 Å². The van der Waals surface area contributed by atoms with Gasteiger partial charge in [0.15, 0.2) is 0 Å².